The highest BCUT2D eigenvalue weighted by atomic mass is 16.5. The quantitative estimate of drug-likeness (QED) is 0.292. The van der Waals surface area contributed by atoms with Gasteiger partial charge in [0.05, 0.1) is 7.11 Å². The van der Waals surface area contributed by atoms with Crippen molar-refractivity contribution in [1.82, 2.24) is 0 Å². The predicted molar refractivity (Wildman–Crippen MR) is 142 cm³/mol. The normalized spacial score (nSPS) is 14.8. The Balaban J connectivity index is 2.40. The number of aromatic hydroxyl groups is 1. The van der Waals surface area contributed by atoms with Gasteiger partial charge in [-0.15, -0.1) is 0 Å². The van der Waals surface area contributed by atoms with Crippen molar-refractivity contribution in [3.63, 3.8) is 0 Å². The summed E-state index contributed by atoms with van der Waals surface area (Å²) >= 11 is 0. The van der Waals surface area contributed by atoms with Crippen LogP contribution in [0, 0.1) is 44.4 Å². The van der Waals surface area contributed by atoms with Crippen molar-refractivity contribution in [2.75, 3.05) is 7.11 Å². The molecule has 0 radical (unpaired) electrons. The fourth-order valence-electron chi connectivity index (χ4n) is 4.72. The Labute approximate surface area is 199 Å². The molecule has 0 aliphatic heterocycles. The number of hydrogen-bond acceptors (Lipinski definition) is 2. The molecule has 2 nitrogen and oxygen atoms in total. The molecule has 1 aromatic carbocycles. The van der Waals surface area contributed by atoms with Crippen LogP contribution in [0.2, 0.25) is 0 Å². The highest BCUT2D eigenvalue weighted by molar-refractivity contribution is 5.69. The van der Waals surface area contributed by atoms with Crippen LogP contribution in [-0.2, 0) is 0 Å². The zero-order chi connectivity index (χ0) is 24.3. The van der Waals surface area contributed by atoms with E-state index in [2.05, 4.69) is 46.8 Å². The van der Waals surface area contributed by atoms with Crippen LogP contribution in [0.5, 0.6) is 11.5 Å². The highest BCUT2D eigenvalue weighted by Crippen LogP contribution is 2.38. The summed E-state index contributed by atoms with van der Waals surface area (Å²) in [6, 6.07) is 0. The molecular formula is C30H52O2. The molecule has 0 fully saturated rings. The molecule has 0 amide bonds. The lowest BCUT2D eigenvalue weighted by Gasteiger charge is -2.17. The van der Waals surface area contributed by atoms with Crippen molar-refractivity contribution >= 4 is 6.08 Å². The first-order valence-corrected chi connectivity index (χ1v) is 13.1. The molecule has 0 spiro atoms. The second kappa shape index (κ2) is 14.7. The van der Waals surface area contributed by atoms with E-state index in [9.17, 15) is 5.11 Å². The number of allylic oxidation sites excluding steroid dienone is 1. The lowest BCUT2D eigenvalue weighted by Crippen LogP contribution is -2.01. The molecule has 0 saturated carbocycles. The maximum atomic E-state index is 10.4. The lowest BCUT2D eigenvalue weighted by molar-refractivity contribution is 0.383. The first kappa shape index (κ1) is 28.6. The first-order valence-electron chi connectivity index (χ1n) is 13.1. The summed E-state index contributed by atoms with van der Waals surface area (Å²) in [4.78, 5) is 0. The summed E-state index contributed by atoms with van der Waals surface area (Å²) < 4.78 is 5.66. The molecule has 2 heteroatoms. The van der Waals surface area contributed by atoms with Gasteiger partial charge in [-0.25, -0.2) is 0 Å². The van der Waals surface area contributed by atoms with E-state index in [4.69, 9.17) is 4.74 Å². The van der Waals surface area contributed by atoms with Crippen molar-refractivity contribution in [3.05, 3.63) is 28.3 Å². The number of methoxy groups -OCH3 is 1. The van der Waals surface area contributed by atoms with Gasteiger partial charge in [0.1, 0.15) is 11.5 Å². The zero-order valence-corrected chi connectivity index (χ0v) is 22.7. The van der Waals surface area contributed by atoms with Gasteiger partial charge in [-0.05, 0) is 62.0 Å². The number of phenols is 1. The van der Waals surface area contributed by atoms with Crippen LogP contribution in [-0.4, -0.2) is 12.2 Å². The SMILES string of the molecule is COc1c(C)c(C)c(O)c(C)c1/C=C/C(C)CCCC(C)CCCC(C)CCCC(C)C. The Morgan fingerprint density at radius 1 is 0.719 bits per heavy atom. The molecule has 3 unspecified atom stereocenters. The third kappa shape index (κ3) is 9.59. The summed E-state index contributed by atoms with van der Waals surface area (Å²) in [5.74, 6) is 4.35. The Morgan fingerprint density at radius 2 is 1.22 bits per heavy atom. The average Bonchev–Trinajstić information content (AvgIpc) is 2.73. The average molecular weight is 445 g/mol. The molecule has 1 N–H and O–H groups in total. The zero-order valence-electron chi connectivity index (χ0n) is 22.7. The molecule has 3 atom stereocenters. The third-order valence-corrected chi connectivity index (χ3v) is 7.29. The first-order chi connectivity index (χ1) is 15.1. The number of ether oxygens (including phenoxy) is 1. The van der Waals surface area contributed by atoms with Crippen LogP contribution in [0.1, 0.15) is 115 Å². The molecule has 0 saturated heterocycles. The molecule has 32 heavy (non-hydrogen) atoms. The predicted octanol–water partition coefficient (Wildman–Crippen LogP) is 9.41. The van der Waals surface area contributed by atoms with Gasteiger partial charge < -0.3 is 9.84 Å². The maximum absolute atomic E-state index is 10.4. The Kier molecular flexibility index (Phi) is 13.1. The molecule has 0 bridgehead atoms. The minimum Gasteiger partial charge on any atom is -0.507 e. The molecule has 0 aromatic heterocycles. The number of phenolic OH excluding ortho intramolecular Hbond substituents is 1. The van der Waals surface area contributed by atoms with Crippen LogP contribution in [0.4, 0.5) is 0 Å². The summed E-state index contributed by atoms with van der Waals surface area (Å²) in [6.45, 7) is 17.8. The van der Waals surface area contributed by atoms with Crippen molar-refractivity contribution in [2.45, 2.75) is 113 Å². The monoisotopic (exact) mass is 444 g/mol. The van der Waals surface area contributed by atoms with Gasteiger partial charge in [-0.3, -0.25) is 0 Å². The molecule has 1 aromatic rings. The number of rotatable bonds is 15. The molecule has 184 valence electrons. The van der Waals surface area contributed by atoms with Crippen LogP contribution >= 0.6 is 0 Å². The van der Waals surface area contributed by atoms with Gasteiger partial charge in [-0.1, -0.05) is 98.1 Å². The van der Waals surface area contributed by atoms with Gasteiger partial charge in [0, 0.05) is 11.1 Å². The molecule has 0 aliphatic carbocycles. The van der Waals surface area contributed by atoms with E-state index in [1.807, 2.05) is 20.8 Å². The maximum Gasteiger partial charge on any atom is 0.129 e. The van der Waals surface area contributed by atoms with E-state index < -0.39 is 0 Å². The van der Waals surface area contributed by atoms with Crippen LogP contribution in [0.15, 0.2) is 6.08 Å². The largest absolute Gasteiger partial charge is 0.507 e. The molecule has 1 rings (SSSR count). The van der Waals surface area contributed by atoms with Crippen LogP contribution < -0.4 is 4.74 Å². The van der Waals surface area contributed by atoms with Crippen molar-refractivity contribution in [2.24, 2.45) is 23.7 Å². The highest BCUT2D eigenvalue weighted by Gasteiger charge is 2.16. The second-order valence-corrected chi connectivity index (χ2v) is 10.9. The Hall–Kier alpha value is -1.44. The Bertz CT molecular complexity index is 702. The smallest absolute Gasteiger partial charge is 0.129 e. The van der Waals surface area contributed by atoms with Gasteiger partial charge in [-0.2, -0.15) is 0 Å². The standard InChI is InChI=1S/C30H52O2/c1-21(2)13-10-14-22(3)15-11-16-23(4)17-12-18-24(5)19-20-28-27(8)29(31)25(6)26(7)30(28)32-9/h19-24,31H,10-18H2,1-9H3/b20-19+. The minimum atomic E-state index is 0.388. The lowest BCUT2D eigenvalue weighted by atomic mass is 9.91. The molecule has 0 aliphatic rings. The van der Waals surface area contributed by atoms with Gasteiger partial charge >= 0.3 is 0 Å². The van der Waals surface area contributed by atoms with E-state index in [1.165, 1.54) is 57.8 Å². The number of benzene rings is 1. The summed E-state index contributed by atoms with van der Waals surface area (Å²) in [6.07, 6.45) is 16.6. The van der Waals surface area contributed by atoms with Crippen LogP contribution in [0.3, 0.4) is 0 Å². The number of hydrogen-bond donors (Lipinski definition) is 1. The van der Waals surface area contributed by atoms with Crippen LogP contribution in [0.25, 0.3) is 6.08 Å². The van der Waals surface area contributed by atoms with E-state index in [1.54, 1.807) is 7.11 Å². The summed E-state index contributed by atoms with van der Waals surface area (Å²) in [5, 5.41) is 10.4. The summed E-state index contributed by atoms with van der Waals surface area (Å²) in [5.41, 5.74) is 3.84. The Morgan fingerprint density at radius 3 is 1.72 bits per heavy atom. The molecular weight excluding hydrogens is 392 g/mol. The topological polar surface area (TPSA) is 29.5 Å². The molecule has 0 heterocycles. The van der Waals surface area contributed by atoms with Gasteiger partial charge in [0.15, 0.2) is 0 Å². The van der Waals surface area contributed by atoms with Gasteiger partial charge in [0.25, 0.3) is 0 Å². The fraction of sp³-hybridized carbons (Fsp3) is 0.733. The third-order valence-electron chi connectivity index (χ3n) is 7.29. The summed E-state index contributed by atoms with van der Waals surface area (Å²) in [7, 11) is 1.72. The van der Waals surface area contributed by atoms with Crippen molar-refractivity contribution in [1.29, 1.82) is 0 Å². The van der Waals surface area contributed by atoms with Gasteiger partial charge in [0.2, 0.25) is 0 Å². The van der Waals surface area contributed by atoms with E-state index in [-0.39, 0.29) is 0 Å². The fourth-order valence-corrected chi connectivity index (χ4v) is 4.72. The van der Waals surface area contributed by atoms with Crippen molar-refractivity contribution < 1.29 is 9.84 Å². The van der Waals surface area contributed by atoms with E-state index in [0.717, 1.165) is 45.8 Å². The second-order valence-electron chi connectivity index (χ2n) is 10.9. The van der Waals surface area contributed by atoms with E-state index in [0.29, 0.717) is 11.7 Å². The minimum absolute atomic E-state index is 0.388. The van der Waals surface area contributed by atoms with Crippen molar-refractivity contribution in [3.8, 4) is 11.5 Å². The van der Waals surface area contributed by atoms with E-state index >= 15 is 0 Å².